The molecule has 2 aromatic heterocycles. The second kappa shape index (κ2) is 5.59. The molecule has 2 nitrogen and oxygen atoms in total. The first-order chi connectivity index (χ1) is 7.74. The fourth-order valence-corrected chi connectivity index (χ4v) is 2.83. The van der Waals surface area contributed by atoms with Crippen molar-refractivity contribution in [2.24, 2.45) is 10.2 Å². The Hall–Kier alpha value is -0.680. The van der Waals surface area contributed by atoms with E-state index in [1.807, 2.05) is 24.3 Å². The van der Waals surface area contributed by atoms with Crippen molar-refractivity contribution < 1.29 is 0 Å². The van der Waals surface area contributed by atoms with Crippen LogP contribution >= 0.6 is 45.9 Å². The highest BCUT2D eigenvalue weighted by atomic mass is 35.5. The van der Waals surface area contributed by atoms with E-state index < -0.39 is 0 Å². The van der Waals surface area contributed by atoms with Gasteiger partial charge in [-0.25, -0.2) is 0 Å². The Kier molecular flexibility index (Phi) is 4.12. The van der Waals surface area contributed by atoms with Gasteiger partial charge in [0.2, 0.25) is 0 Å². The van der Waals surface area contributed by atoms with Gasteiger partial charge in [0.25, 0.3) is 0 Å². The van der Waals surface area contributed by atoms with E-state index in [0.29, 0.717) is 0 Å². The summed E-state index contributed by atoms with van der Waals surface area (Å²) in [6.45, 7) is 0. The molecule has 16 heavy (non-hydrogen) atoms. The molecule has 0 aliphatic carbocycles. The molecule has 2 aromatic rings. The third kappa shape index (κ3) is 3.42. The predicted octanol–water partition coefficient (Wildman–Crippen LogP) is 4.57. The predicted molar refractivity (Wildman–Crippen MR) is 73.8 cm³/mol. The van der Waals surface area contributed by atoms with E-state index in [-0.39, 0.29) is 0 Å². The van der Waals surface area contributed by atoms with E-state index >= 15 is 0 Å². The highest BCUT2D eigenvalue weighted by molar-refractivity contribution is 7.18. The second-order valence-corrected chi connectivity index (χ2v) is 6.27. The number of thiophene rings is 2. The Balaban J connectivity index is 1.96. The van der Waals surface area contributed by atoms with E-state index in [0.717, 1.165) is 18.4 Å². The topological polar surface area (TPSA) is 24.7 Å². The number of halogens is 2. The Morgan fingerprint density at radius 2 is 1.25 bits per heavy atom. The summed E-state index contributed by atoms with van der Waals surface area (Å²) in [7, 11) is 0. The van der Waals surface area contributed by atoms with Gasteiger partial charge >= 0.3 is 0 Å². The number of hydrogen-bond donors (Lipinski definition) is 0. The van der Waals surface area contributed by atoms with Crippen molar-refractivity contribution in [1.82, 2.24) is 0 Å². The van der Waals surface area contributed by atoms with Crippen LogP contribution in [0.5, 0.6) is 0 Å². The molecule has 2 heterocycles. The van der Waals surface area contributed by atoms with Crippen molar-refractivity contribution in [3.8, 4) is 0 Å². The van der Waals surface area contributed by atoms with Crippen LogP contribution in [0.2, 0.25) is 8.67 Å². The highest BCUT2D eigenvalue weighted by Gasteiger charge is 1.93. The van der Waals surface area contributed by atoms with Gasteiger partial charge < -0.3 is 0 Å². The number of nitrogens with zero attached hydrogens (tertiary/aromatic N) is 2. The zero-order valence-electron chi connectivity index (χ0n) is 7.93. The molecule has 0 bridgehead atoms. The van der Waals surface area contributed by atoms with Crippen LogP contribution in [-0.4, -0.2) is 12.4 Å². The zero-order chi connectivity index (χ0) is 11.4. The minimum atomic E-state index is 0.746. The molecular formula is C10H6Cl2N2S2. The maximum atomic E-state index is 5.78. The molecule has 0 N–H and O–H groups in total. The average Bonchev–Trinajstić information content (AvgIpc) is 2.83. The molecule has 0 aliphatic rings. The Morgan fingerprint density at radius 3 is 1.56 bits per heavy atom. The molecule has 0 aromatic carbocycles. The third-order valence-electron chi connectivity index (χ3n) is 1.62. The van der Waals surface area contributed by atoms with Crippen molar-refractivity contribution in [3.63, 3.8) is 0 Å². The van der Waals surface area contributed by atoms with Crippen LogP contribution in [-0.2, 0) is 0 Å². The summed E-state index contributed by atoms with van der Waals surface area (Å²) < 4.78 is 1.49. The van der Waals surface area contributed by atoms with E-state index in [9.17, 15) is 0 Å². The van der Waals surface area contributed by atoms with Crippen molar-refractivity contribution in [1.29, 1.82) is 0 Å². The van der Waals surface area contributed by atoms with Crippen molar-refractivity contribution in [2.45, 2.75) is 0 Å². The molecular weight excluding hydrogens is 283 g/mol. The molecule has 0 radical (unpaired) electrons. The largest absolute Gasteiger partial charge is 0.158 e. The molecule has 0 atom stereocenters. The summed E-state index contributed by atoms with van der Waals surface area (Å²) in [6.07, 6.45) is 3.34. The Morgan fingerprint density at radius 1 is 0.812 bits per heavy atom. The quantitative estimate of drug-likeness (QED) is 0.584. The van der Waals surface area contributed by atoms with Crippen LogP contribution < -0.4 is 0 Å². The van der Waals surface area contributed by atoms with Crippen LogP contribution in [0.4, 0.5) is 0 Å². The lowest BCUT2D eigenvalue weighted by Gasteiger charge is -1.80. The fraction of sp³-hybridized carbons (Fsp3) is 0. The van der Waals surface area contributed by atoms with Crippen molar-refractivity contribution in [3.05, 3.63) is 42.7 Å². The van der Waals surface area contributed by atoms with Crippen LogP contribution in [0, 0.1) is 0 Å². The molecule has 0 saturated heterocycles. The summed E-state index contributed by atoms with van der Waals surface area (Å²) in [6, 6.07) is 7.45. The molecule has 0 aliphatic heterocycles. The van der Waals surface area contributed by atoms with Gasteiger partial charge in [-0.2, -0.15) is 10.2 Å². The lowest BCUT2D eigenvalue weighted by atomic mass is 10.5. The smallest absolute Gasteiger partial charge is 0.0935 e. The summed E-state index contributed by atoms with van der Waals surface area (Å²) in [5, 5.41) is 7.84. The SMILES string of the molecule is Clc1ccc(/C=N/N=C/c2ccc(Cl)s2)s1. The van der Waals surface area contributed by atoms with Gasteiger partial charge in [-0.15, -0.1) is 22.7 Å². The summed E-state index contributed by atoms with van der Waals surface area (Å²) >= 11 is 14.5. The first-order valence-corrected chi connectivity index (χ1v) is 6.70. The maximum absolute atomic E-state index is 5.78. The number of hydrogen-bond acceptors (Lipinski definition) is 4. The van der Waals surface area contributed by atoms with Gasteiger partial charge in [0, 0.05) is 9.75 Å². The van der Waals surface area contributed by atoms with Gasteiger partial charge in [0.15, 0.2) is 0 Å². The molecule has 2 rings (SSSR count). The highest BCUT2D eigenvalue weighted by Crippen LogP contribution is 2.20. The molecule has 0 spiro atoms. The van der Waals surface area contributed by atoms with E-state index in [1.165, 1.54) is 22.7 Å². The fourth-order valence-electron chi connectivity index (χ4n) is 0.976. The zero-order valence-corrected chi connectivity index (χ0v) is 11.1. The lowest BCUT2D eigenvalue weighted by Crippen LogP contribution is -1.72. The maximum Gasteiger partial charge on any atom is 0.0935 e. The number of rotatable bonds is 3. The molecule has 0 fully saturated rings. The normalized spacial score (nSPS) is 11.9. The molecule has 0 saturated carbocycles. The minimum absolute atomic E-state index is 0.746. The first kappa shape index (κ1) is 11.8. The Labute approximate surface area is 111 Å². The molecule has 6 heteroatoms. The van der Waals surface area contributed by atoms with Gasteiger partial charge in [-0.05, 0) is 24.3 Å². The average molecular weight is 289 g/mol. The van der Waals surface area contributed by atoms with Crippen molar-refractivity contribution in [2.75, 3.05) is 0 Å². The monoisotopic (exact) mass is 288 g/mol. The lowest BCUT2D eigenvalue weighted by molar-refractivity contribution is 1.27. The molecule has 0 unspecified atom stereocenters. The van der Waals surface area contributed by atoms with Crippen molar-refractivity contribution >= 4 is 58.3 Å². The molecule has 82 valence electrons. The first-order valence-electron chi connectivity index (χ1n) is 4.31. The summed E-state index contributed by atoms with van der Waals surface area (Å²) in [5.74, 6) is 0. The minimum Gasteiger partial charge on any atom is -0.158 e. The standard InChI is InChI=1S/C10H6Cl2N2S2/c11-9-3-1-7(15-9)5-13-14-6-8-2-4-10(12)16-8/h1-6H/b13-5+,14-6+. The van der Waals surface area contributed by atoms with Crippen LogP contribution in [0.3, 0.4) is 0 Å². The van der Waals surface area contributed by atoms with Gasteiger partial charge in [-0.1, -0.05) is 23.2 Å². The van der Waals surface area contributed by atoms with E-state index in [2.05, 4.69) is 10.2 Å². The second-order valence-electron chi connectivity index (χ2n) is 2.77. The van der Waals surface area contributed by atoms with Crippen LogP contribution in [0.25, 0.3) is 0 Å². The Bertz CT molecular complexity index is 480. The van der Waals surface area contributed by atoms with Gasteiger partial charge in [-0.3, -0.25) is 0 Å². The van der Waals surface area contributed by atoms with Gasteiger partial charge in [0.05, 0.1) is 21.1 Å². The summed E-state index contributed by atoms with van der Waals surface area (Å²) in [5.41, 5.74) is 0. The van der Waals surface area contributed by atoms with Crippen LogP contribution in [0.1, 0.15) is 9.75 Å². The van der Waals surface area contributed by atoms with Crippen LogP contribution in [0.15, 0.2) is 34.5 Å². The molecule has 0 amide bonds. The van der Waals surface area contributed by atoms with E-state index in [4.69, 9.17) is 23.2 Å². The van der Waals surface area contributed by atoms with E-state index in [1.54, 1.807) is 12.4 Å². The summed E-state index contributed by atoms with van der Waals surface area (Å²) in [4.78, 5) is 1.96. The third-order valence-corrected chi connectivity index (χ3v) is 3.96. The van der Waals surface area contributed by atoms with Gasteiger partial charge in [0.1, 0.15) is 0 Å².